The fraction of sp³-hybridized carbons (Fsp3) is 0.158. The molecular formula is C114H104B2Br4O6S3. The number of thiophene rings is 3. The first kappa shape index (κ1) is 92.3. The second-order valence-electron chi connectivity index (χ2n) is 33.3. The molecule has 0 atom stereocenters. The van der Waals surface area contributed by atoms with Crippen LogP contribution in [0, 0.1) is 0 Å². The standard InChI is InChI=1S/C31H20S.C19H21BO2.C18H11BrS.C18H11Br.C12H9BO2S.C6H4Br2.2C4H8O.2CH4.2H2/c1-2-10-25-22(7-1)18-24-16-15-21(19-29(24)25)20-8-5-9-23(17-20)26-12-6-13-28-27-11-3-4-14-30(27)32-31(26)28;1-18(2)19(3,4)22-20(21-18)15-10-9-14-11-13-7-5-6-8-16(13)17(14)12-15;19-13-6-3-5-12(11-13)14-8-4-9-16-15-7-1-2-10-17(15)20-18(14)16;19-12-9-10-17-15-7-2-1-5-13(15)14-6-3-4-8-16(14)18(17)11-12;14-13(15)10-6-3-5-9-8-4-1-2-7-11(8)16-12(9)10;7-5-2-1-3-6(8)4-5;2*1-2-4-5-3-1;;;;/h1-17,19H,18H2;5-10,12H,11H2,1-4H3;1-11H;1-11H;1-7,14-15H;1-4H;2*1-4H2;2*1H4;2*1H/i;;;;;;;;;;2*1+1. The maximum absolute atomic E-state index is 9.31. The number of fused-ring (bicyclic) bond motifs is 21. The number of benzene rings is 17. The molecule has 2 N–H and O–H groups in total. The Kier molecular flexibility index (Phi) is 29.8. The molecule has 0 bridgehead atoms. The van der Waals surface area contributed by atoms with Crippen LogP contribution in [0.5, 0.6) is 0 Å². The van der Waals surface area contributed by atoms with Crippen molar-refractivity contribution in [2.45, 2.75) is 92.3 Å². The lowest BCUT2D eigenvalue weighted by Gasteiger charge is -2.32. The van der Waals surface area contributed by atoms with Gasteiger partial charge in [0.15, 0.2) is 0 Å². The molecule has 0 saturated carbocycles. The topological polar surface area (TPSA) is 77.4 Å². The van der Waals surface area contributed by atoms with Crippen molar-refractivity contribution in [1.82, 2.24) is 0 Å². The zero-order valence-electron chi connectivity index (χ0n) is 71.0. The number of rotatable bonds is 5. The quantitative estimate of drug-likeness (QED) is 0.132. The van der Waals surface area contributed by atoms with Gasteiger partial charge in [0.2, 0.25) is 0 Å². The Morgan fingerprint density at radius 2 is 0.636 bits per heavy atom. The predicted molar refractivity (Wildman–Crippen MR) is 577 cm³/mol. The van der Waals surface area contributed by atoms with E-state index >= 15 is 0 Å². The summed E-state index contributed by atoms with van der Waals surface area (Å²) in [5, 5.41) is 34.2. The Morgan fingerprint density at radius 1 is 0.287 bits per heavy atom. The molecule has 5 aliphatic rings. The average molecular weight is 2010 g/mol. The molecule has 648 valence electrons. The van der Waals surface area contributed by atoms with Crippen molar-refractivity contribution >= 4 is 216 Å². The molecule has 0 radical (unpaired) electrons. The number of halogens is 4. The highest BCUT2D eigenvalue weighted by atomic mass is 79.9. The van der Waals surface area contributed by atoms with E-state index in [9.17, 15) is 10.0 Å². The van der Waals surface area contributed by atoms with Crippen LogP contribution in [0.4, 0.5) is 0 Å². The molecular weight excluding hydrogens is 1900 g/mol. The van der Waals surface area contributed by atoms with E-state index in [-0.39, 0.29) is 36.0 Å². The Hall–Kier alpha value is -10.0. The molecule has 25 rings (SSSR count). The Balaban J connectivity index is 0.000000127. The van der Waals surface area contributed by atoms with E-state index in [0.29, 0.717) is 5.46 Å². The SMILES string of the molecule is Brc1ccc2c3ccccc3c3ccccc3c2c1.Brc1cccc(-c2cccc3c2sc2ccccc23)c1.Brc1cccc(Br)c1.C.C.C1CCOC1.C1CCOC1.CC1(C)OB(c2ccc3c(c2)-c2ccccc2C3)OC1(C)C.OB(O)c1cccc2c1sc1ccccc12.[2HH].[2HH].c1cc(-c2ccc3c(c2)-c2ccccc2C3)cc(-c2cccc3c2sc2ccccc23)c1. The van der Waals surface area contributed by atoms with Crippen molar-refractivity contribution < 1.29 is 31.7 Å². The molecule has 6 nitrogen and oxygen atoms in total. The molecule has 0 unspecified atom stereocenters. The summed E-state index contributed by atoms with van der Waals surface area (Å²) in [4.78, 5) is 0. The summed E-state index contributed by atoms with van der Waals surface area (Å²) in [7, 11) is -1.69. The first-order valence-electron chi connectivity index (χ1n) is 43.2. The van der Waals surface area contributed by atoms with Gasteiger partial charge in [0, 0.05) is 102 Å². The van der Waals surface area contributed by atoms with Crippen LogP contribution in [0.25, 0.3) is 148 Å². The van der Waals surface area contributed by atoms with Crippen LogP contribution in [0.15, 0.2) is 370 Å². The van der Waals surface area contributed by atoms with Crippen molar-refractivity contribution in [2.75, 3.05) is 26.4 Å². The number of hydrogen-bond acceptors (Lipinski definition) is 9. The third-order valence-corrected chi connectivity index (χ3v) is 30.1. The summed E-state index contributed by atoms with van der Waals surface area (Å²) in [5.41, 5.74) is 19.9. The summed E-state index contributed by atoms with van der Waals surface area (Å²) in [5.74, 6) is 0. The zero-order valence-corrected chi connectivity index (χ0v) is 79.8. The summed E-state index contributed by atoms with van der Waals surface area (Å²) in [6.07, 6.45) is 7.18. The van der Waals surface area contributed by atoms with Crippen molar-refractivity contribution in [3.05, 3.63) is 392 Å². The summed E-state index contributed by atoms with van der Waals surface area (Å²) in [6.45, 7) is 12.4. The third kappa shape index (κ3) is 20.4. The molecule has 2 aliphatic carbocycles. The van der Waals surface area contributed by atoms with Crippen LogP contribution >= 0.6 is 97.7 Å². The summed E-state index contributed by atoms with van der Waals surface area (Å²) in [6, 6.07) is 125. The van der Waals surface area contributed by atoms with E-state index in [4.69, 9.17) is 18.8 Å². The van der Waals surface area contributed by atoms with E-state index in [1.807, 2.05) is 77.3 Å². The van der Waals surface area contributed by atoms with Gasteiger partial charge in [-0.1, -0.05) is 358 Å². The highest BCUT2D eigenvalue weighted by molar-refractivity contribution is 9.11. The van der Waals surface area contributed by atoms with Crippen molar-refractivity contribution in [3.8, 4) is 55.6 Å². The second-order valence-corrected chi connectivity index (χ2v) is 40.1. The van der Waals surface area contributed by atoms with Gasteiger partial charge < -0.3 is 28.8 Å². The van der Waals surface area contributed by atoms with Crippen LogP contribution in [0.3, 0.4) is 0 Å². The maximum atomic E-state index is 9.31. The lowest BCUT2D eigenvalue weighted by molar-refractivity contribution is 0.00578. The molecule has 0 spiro atoms. The first-order chi connectivity index (χ1) is 61.9. The van der Waals surface area contributed by atoms with Gasteiger partial charge in [-0.15, -0.1) is 34.0 Å². The number of ether oxygens (including phenoxy) is 2. The molecule has 3 aromatic heterocycles. The Bertz CT molecular complexity index is 7320. The van der Waals surface area contributed by atoms with Gasteiger partial charge in [-0.05, 0) is 266 Å². The minimum atomic E-state index is -1.41. The summed E-state index contributed by atoms with van der Waals surface area (Å²) >= 11 is 19.2. The first-order valence-corrected chi connectivity index (χ1v) is 48.8. The normalized spacial score (nSPS) is 13.8. The van der Waals surface area contributed by atoms with Crippen LogP contribution < -0.4 is 10.9 Å². The molecule has 17 aromatic carbocycles. The minimum Gasteiger partial charge on any atom is -0.423 e. The minimum absolute atomic E-state index is 0. The average Bonchev–Trinajstić information content (AvgIpc) is 1.63. The smallest absolute Gasteiger partial charge is 0.423 e. The van der Waals surface area contributed by atoms with Crippen molar-refractivity contribution in [3.63, 3.8) is 0 Å². The largest absolute Gasteiger partial charge is 0.494 e. The molecule has 6 heterocycles. The van der Waals surface area contributed by atoms with Gasteiger partial charge in [-0.3, -0.25) is 0 Å². The Labute approximate surface area is 806 Å². The van der Waals surface area contributed by atoms with Crippen molar-refractivity contribution in [2.24, 2.45) is 0 Å². The second kappa shape index (κ2) is 41.6. The van der Waals surface area contributed by atoms with E-state index in [0.717, 1.165) is 72.7 Å². The summed E-state index contributed by atoms with van der Waals surface area (Å²) < 4.78 is 34.3. The molecule has 129 heavy (non-hydrogen) atoms. The van der Waals surface area contributed by atoms with Crippen LogP contribution in [-0.4, -0.2) is 61.9 Å². The molecule has 3 saturated heterocycles. The van der Waals surface area contributed by atoms with Crippen LogP contribution in [-0.2, 0) is 31.6 Å². The Morgan fingerprint density at radius 3 is 1.11 bits per heavy atom. The molecule has 15 heteroatoms. The lowest BCUT2D eigenvalue weighted by Crippen LogP contribution is -2.41. The van der Waals surface area contributed by atoms with E-state index in [1.54, 1.807) is 17.4 Å². The highest BCUT2D eigenvalue weighted by Gasteiger charge is 2.52. The zero-order chi connectivity index (χ0) is 87.1. The van der Waals surface area contributed by atoms with E-state index < -0.39 is 7.12 Å². The molecule has 3 aliphatic heterocycles. The fourth-order valence-corrected chi connectivity index (χ4v) is 23.0. The fourth-order valence-electron chi connectivity index (χ4n) is 17.4. The van der Waals surface area contributed by atoms with Gasteiger partial charge in [0.25, 0.3) is 0 Å². The third-order valence-electron chi connectivity index (χ3n) is 24.5. The highest BCUT2D eigenvalue weighted by Crippen LogP contribution is 2.46. The van der Waals surface area contributed by atoms with Crippen LogP contribution in [0.1, 0.15) is 93.3 Å². The molecule has 0 amide bonds. The van der Waals surface area contributed by atoms with Crippen LogP contribution in [0.2, 0.25) is 0 Å². The van der Waals surface area contributed by atoms with Gasteiger partial charge >= 0.3 is 14.2 Å². The lowest BCUT2D eigenvalue weighted by atomic mass is 9.77. The van der Waals surface area contributed by atoms with Gasteiger partial charge in [0.05, 0.1) is 11.2 Å². The van der Waals surface area contributed by atoms with Gasteiger partial charge in [-0.2, -0.15) is 0 Å². The van der Waals surface area contributed by atoms with Gasteiger partial charge in [-0.25, -0.2) is 0 Å². The maximum Gasteiger partial charge on any atom is 0.494 e. The molecule has 3 fully saturated rings. The van der Waals surface area contributed by atoms with E-state index in [1.165, 1.54) is 186 Å². The van der Waals surface area contributed by atoms with E-state index in [2.05, 4.69) is 383 Å². The monoisotopic (exact) mass is 2000 g/mol. The molecule has 20 aromatic rings. The van der Waals surface area contributed by atoms with Gasteiger partial charge in [0.1, 0.15) is 0 Å². The van der Waals surface area contributed by atoms with Crippen molar-refractivity contribution in [1.29, 1.82) is 0 Å². The number of hydrogen-bond donors (Lipinski definition) is 2. The predicted octanol–water partition coefficient (Wildman–Crippen LogP) is 33.2.